The van der Waals surface area contributed by atoms with Gasteiger partial charge in [0.1, 0.15) is 16.9 Å². The molecular formula is C22H22Cl2N2O3. The number of unbranched alkanes of at least 4 members (excludes halogenated alkanes) is 3. The van der Waals surface area contributed by atoms with Crippen molar-refractivity contribution in [1.29, 1.82) is 5.41 Å². The van der Waals surface area contributed by atoms with Crippen LogP contribution in [0.15, 0.2) is 40.8 Å². The average Bonchev–Trinajstić information content (AvgIpc) is 2.68. The number of aromatic hydroxyl groups is 1. The van der Waals surface area contributed by atoms with Gasteiger partial charge in [0, 0.05) is 11.5 Å². The lowest BCUT2D eigenvalue weighted by Gasteiger charge is -2.10. The fourth-order valence-corrected chi connectivity index (χ4v) is 3.47. The summed E-state index contributed by atoms with van der Waals surface area (Å²) in [5.41, 5.74) is 1.26. The molecule has 5 nitrogen and oxygen atoms in total. The molecule has 0 atom stereocenters. The molecule has 0 spiro atoms. The molecule has 152 valence electrons. The zero-order valence-corrected chi connectivity index (χ0v) is 17.5. The topological polar surface area (TPSA) is 86.3 Å². The summed E-state index contributed by atoms with van der Waals surface area (Å²) in [5, 5.41) is 22.2. The molecule has 0 bridgehead atoms. The molecule has 0 radical (unpaired) electrons. The van der Waals surface area contributed by atoms with Crippen molar-refractivity contribution in [2.24, 2.45) is 0 Å². The summed E-state index contributed by atoms with van der Waals surface area (Å²) < 4.78 is 5.47. The van der Waals surface area contributed by atoms with Crippen molar-refractivity contribution in [3.63, 3.8) is 0 Å². The maximum absolute atomic E-state index is 12.7. The molecule has 29 heavy (non-hydrogen) atoms. The Morgan fingerprint density at radius 3 is 2.72 bits per heavy atom. The first-order chi connectivity index (χ1) is 13.9. The molecule has 7 heteroatoms. The number of fused-ring (bicyclic) bond motifs is 1. The second kappa shape index (κ2) is 9.33. The lowest BCUT2D eigenvalue weighted by atomic mass is 10.0. The number of hydrogen-bond acceptors (Lipinski definition) is 4. The van der Waals surface area contributed by atoms with Gasteiger partial charge in [-0.15, -0.1) is 0 Å². The summed E-state index contributed by atoms with van der Waals surface area (Å²) in [7, 11) is 0. The molecule has 1 amide bonds. The molecular weight excluding hydrogens is 411 g/mol. The highest BCUT2D eigenvalue weighted by atomic mass is 35.5. The van der Waals surface area contributed by atoms with Gasteiger partial charge in [-0.25, -0.2) is 0 Å². The third-order valence-electron chi connectivity index (χ3n) is 4.71. The third-order valence-corrected chi connectivity index (χ3v) is 5.53. The molecule has 3 aromatic rings. The summed E-state index contributed by atoms with van der Waals surface area (Å²) in [6.45, 7) is 2.15. The normalized spacial score (nSPS) is 11.0. The van der Waals surface area contributed by atoms with Crippen molar-refractivity contribution >= 4 is 45.8 Å². The van der Waals surface area contributed by atoms with Crippen LogP contribution in [0.1, 0.15) is 48.5 Å². The molecule has 3 rings (SSSR count). The average molecular weight is 433 g/mol. The number of rotatable bonds is 7. The van der Waals surface area contributed by atoms with Crippen LogP contribution in [0.3, 0.4) is 0 Å². The summed E-state index contributed by atoms with van der Waals surface area (Å²) in [6.07, 6.45) is 5.11. The van der Waals surface area contributed by atoms with Gasteiger partial charge in [0.15, 0.2) is 0 Å². The van der Waals surface area contributed by atoms with E-state index in [1.165, 1.54) is 6.07 Å². The number of nitrogens with one attached hydrogen (secondary N) is 2. The van der Waals surface area contributed by atoms with Gasteiger partial charge in [0.05, 0.1) is 15.7 Å². The molecule has 3 N–H and O–H groups in total. The first kappa shape index (κ1) is 21.2. The Hall–Kier alpha value is -2.50. The molecule has 1 aromatic heterocycles. The molecule has 0 aliphatic carbocycles. The number of amides is 1. The number of halogens is 2. The molecule has 0 aliphatic heterocycles. The molecule has 0 saturated heterocycles. The Balaban J connectivity index is 1.90. The highest BCUT2D eigenvalue weighted by Crippen LogP contribution is 2.30. The lowest BCUT2D eigenvalue weighted by Crippen LogP contribution is -2.21. The first-order valence-electron chi connectivity index (χ1n) is 9.50. The predicted octanol–water partition coefficient (Wildman–Crippen LogP) is 6.30. The van der Waals surface area contributed by atoms with Gasteiger partial charge in [-0.05, 0) is 42.7 Å². The molecule has 0 aliphatic rings. The van der Waals surface area contributed by atoms with E-state index in [0.29, 0.717) is 21.7 Å². The third kappa shape index (κ3) is 4.92. The van der Waals surface area contributed by atoms with Crippen LogP contribution in [0.2, 0.25) is 10.0 Å². The Morgan fingerprint density at radius 2 is 1.97 bits per heavy atom. The summed E-state index contributed by atoms with van der Waals surface area (Å²) >= 11 is 12.1. The second-order valence-electron chi connectivity index (χ2n) is 6.87. The van der Waals surface area contributed by atoms with E-state index in [9.17, 15) is 9.90 Å². The lowest BCUT2D eigenvalue weighted by molar-refractivity contribution is 0.102. The van der Waals surface area contributed by atoms with Crippen LogP contribution in [-0.4, -0.2) is 11.0 Å². The number of benzene rings is 2. The van der Waals surface area contributed by atoms with Crippen LogP contribution in [0.25, 0.3) is 11.0 Å². The summed E-state index contributed by atoms with van der Waals surface area (Å²) in [6, 6.07) is 9.81. The number of phenolic OH excluding ortho intramolecular Hbond substituents is 1. The van der Waals surface area contributed by atoms with Crippen LogP contribution in [0, 0.1) is 5.41 Å². The number of carbonyl (C=O) groups is 1. The Kier molecular flexibility index (Phi) is 6.83. The van der Waals surface area contributed by atoms with Gasteiger partial charge in [-0.3, -0.25) is 10.2 Å². The van der Waals surface area contributed by atoms with E-state index < -0.39 is 5.91 Å². The highest BCUT2D eigenvalue weighted by Gasteiger charge is 2.15. The van der Waals surface area contributed by atoms with Gasteiger partial charge in [0.25, 0.3) is 5.91 Å². The minimum atomic E-state index is -0.526. The standard InChI is InChI=1S/C22H22Cl2N2O3/c1-2-3-4-5-7-13-10-14-11-15(21(25)29-19(14)12-18(13)27)22(28)26-17-9-6-8-16(23)20(17)24/h6,8-12,25,27H,2-5,7H2,1H3,(H,26,28). The van der Waals surface area contributed by atoms with E-state index in [-0.39, 0.29) is 21.9 Å². The van der Waals surface area contributed by atoms with Crippen molar-refractivity contribution < 1.29 is 14.3 Å². The van der Waals surface area contributed by atoms with Gasteiger partial charge in [0.2, 0.25) is 5.55 Å². The minimum absolute atomic E-state index is 0.0659. The van der Waals surface area contributed by atoms with Crippen LogP contribution >= 0.6 is 23.2 Å². The SMILES string of the molecule is CCCCCCc1cc2cc(C(=O)Nc3cccc(Cl)c3Cl)c(=N)oc2cc1O. The van der Waals surface area contributed by atoms with Crippen LogP contribution in [0.5, 0.6) is 5.75 Å². The second-order valence-corrected chi connectivity index (χ2v) is 7.66. The van der Waals surface area contributed by atoms with Gasteiger partial charge < -0.3 is 14.8 Å². The van der Waals surface area contributed by atoms with E-state index in [0.717, 1.165) is 37.7 Å². The van der Waals surface area contributed by atoms with Crippen LogP contribution < -0.4 is 10.9 Å². The molecule has 0 fully saturated rings. The molecule has 0 unspecified atom stereocenters. The van der Waals surface area contributed by atoms with E-state index in [1.807, 2.05) is 6.07 Å². The van der Waals surface area contributed by atoms with Gasteiger partial charge in [-0.2, -0.15) is 0 Å². The van der Waals surface area contributed by atoms with Crippen molar-refractivity contribution in [2.45, 2.75) is 39.0 Å². The Labute approximate surface area is 178 Å². The van der Waals surface area contributed by atoms with E-state index in [2.05, 4.69) is 12.2 Å². The number of anilines is 1. The quantitative estimate of drug-likeness (QED) is 0.382. The summed E-state index contributed by atoms with van der Waals surface area (Å²) in [5.74, 6) is -0.387. The zero-order valence-electron chi connectivity index (χ0n) is 16.0. The molecule has 1 heterocycles. The fourth-order valence-electron chi connectivity index (χ4n) is 3.12. The van der Waals surface area contributed by atoms with Gasteiger partial charge >= 0.3 is 0 Å². The Morgan fingerprint density at radius 1 is 1.17 bits per heavy atom. The van der Waals surface area contributed by atoms with E-state index >= 15 is 0 Å². The van der Waals surface area contributed by atoms with E-state index in [4.69, 9.17) is 33.0 Å². The smallest absolute Gasteiger partial charge is 0.261 e. The maximum atomic E-state index is 12.7. The monoisotopic (exact) mass is 432 g/mol. The van der Waals surface area contributed by atoms with Crippen molar-refractivity contribution in [3.05, 3.63) is 63.1 Å². The van der Waals surface area contributed by atoms with E-state index in [1.54, 1.807) is 24.3 Å². The number of phenols is 1. The van der Waals surface area contributed by atoms with Crippen LogP contribution in [0.4, 0.5) is 5.69 Å². The zero-order chi connectivity index (χ0) is 21.0. The van der Waals surface area contributed by atoms with Crippen molar-refractivity contribution in [3.8, 4) is 5.75 Å². The van der Waals surface area contributed by atoms with Crippen molar-refractivity contribution in [1.82, 2.24) is 0 Å². The number of carbonyl (C=O) groups excluding carboxylic acids is 1. The maximum Gasteiger partial charge on any atom is 0.261 e. The molecule has 0 saturated carbocycles. The minimum Gasteiger partial charge on any atom is -0.508 e. The predicted molar refractivity (Wildman–Crippen MR) is 116 cm³/mol. The summed E-state index contributed by atoms with van der Waals surface area (Å²) in [4.78, 5) is 12.7. The largest absolute Gasteiger partial charge is 0.508 e. The number of hydrogen-bond donors (Lipinski definition) is 3. The van der Waals surface area contributed by atoms with Crippen molar-refractivity contribution in [2.75, 3.05) is 5.32 Å². The van der Waals surface area contributed by atoms with Gasteiger partial charge in [-0.1, -0.05) is 55.5 Å². The van der Waals surface area contributed by atoms with Crippen LogP contribution in [-0.2, 0) is 6.42 Å². The number of aryl methyl sites for hydroxylation is 1. The first-order valence-corrected chi connectivity index (χ1v) is 10.3. The highest BCUT2D eigenvalue weighted by molar-refractivity contribution is 6.44. The Bertz CT molecular complexity index is 1110. The molecule has 2 aromatic carbocycles. The fraction of sp³-hybridized carbons (Fsp3) is 0.273.